The van der Waals surface area contributed by atoms with Gasteiger partial charge in [-0.05, 0) is 74.5 Å². The van der Waals surface area contributed by atoms with Crippen LogP contribution in [0.1, 0.15) is 58.3 Å². The summed E-state index contributed by atoms with van der Waals surface area (Å²) in [5.74, 6) is 4.61. The molecular weight excluding hydrogens is 288 g/mol. The molecule has 0 saturated heterocycles. The van der Waals surface area contributed by atoms with Crippen LogP contribution in [0.3, 0.4) is 0 Å². The predicted octanol–water partition coefficient (Wildman–Crippen LogP) is 3.19. The lowest BCUT2D eigenvalue weighted by molar-refractivity contribution is -0.133. The van der Waals surface area contributed by atoms with Crippen LogP contribution >= 0.6 is 0 Å². The minimum Gasteiger partial charge on any atom is -0.387 e. The fraction of sp³-hybridized carbons (Fsp3) is 0.950. The predicted molar refractivity (Wildman–Crippen MR) is 86.7 cm³/mol. The minimum absolute atomic E-state index is 0.00193. The van der Waals surface area contributed by atoms with Gasteiger partial charge in [0.15, 0.2) is 0 Å². The fourth-order valence-electron chi connectivity index (χ4n) is 7.90. The van der Waals surface area contributed by atoms with Gasteiger partial charge in [0.1, 0.15) is 5.78 Å². The molecule has 5 aliphatic rings. The summed E-state index contributed by atoms with van der Waals surface area (Å²) >= 11 is 0. The molecule has 3 heteroatoms. The normalized spacial score (nSPS) is 60.5. The molecule has 5 saturated carbocycles. The summed E-state index contributed by atoms with van der Waals surface area (Å²) in [5, 5.41) is 10.8. The Morgan fingerprint density at radius 2 is 1.70 bits per heavy atom. The van der Waals surface area contributed by atoms with Gasteiger partial charge in [-0.3, -0.25) is 4.79 Å². The van der Waals surface area contributed by atoms with Crippen LogP contribution in [-0.2, 0) is 9.53 Å². The van der Waals surface area contributed by atoms with Gasteiger partial charge in [0.2, 0.25) is 0 Å². The van der Waals surface area contributed by atoms with Crippen molar-refractivity contribution in [3.05, 3.63) is 0 Å². The second-order valence-electron chi connectivity index (χ2n) is 9.47. The van der Waals surface area contributed by atoms with Crippen molar-refractivity contribution in [1.82, 2.24) is 0 Å². The summed E-state index contributed by atoms with van der Waals surface area (Å²) in [6.45, 7) is 2.26. The van der Waals surface area contributed by atoms with Gasteiger partial charge < -0.3 is 9.84 Å². The average molecular weight is 318 g/mol. The Balaban J connectivity index is 1.41. The van der Waals surface area contributed by atoms with Gasteiger partial charge in [-0.2, -0.15) is 0 Å². The number of fused-ring (bicyclic) bond motifs is 7. The number of aliphatic hydroxyl groups is 1. The highest BCUT2D eigenvalue weighted by Crippen LogP contribution is 2.68. The molecule has 9 atom stereocenters. The van der Waals surface area contributed by atoms with Gasteiger partial charge in [-0.15, -0.1) is 0 Å². The number of hydrogen-bond acceptors (Lipinski definition) is 3. The van der Waals surface area contributed by atoms with E-state index in [-0.39, 0.29) is 11.5 Å². The van der Waals surface area contributed by atoms with Crippen LogP contribution in [-0.4, -0.2) is 29.7 Å². The van der Waals surface area contributed by atoms with Crippen molar-refractivity contribution in [2.24, 2.45) is 40.9 Å². The lowest BCUT2D eigenvalue weighted by atomic mass is 9.50. The highest BCUT2D eigenvalue weighted by Gasteiger charge is 2.72. The summed E-state index contributed by atoms with van der Waals surface area (Å²) in [4.78, 5) is 12.4. The number of Topliss-reactive ketones (excluding diaryl/α,β-unsaturated/α-hetero) is 1. The molecule has 0 aromatic rings. The average Bonchev–Trinajstić information content (AvgIpc) is 3.06. The highest BCUT2D eigenvalue weighted by atomic mass is 16.5. The van der Waals surface area contributed by atoms with Crippen LogP contribution in [0.15, 0.2) is 0 Å². The maximum Gasteiger partial charge on any atom is 0.139 e. The third-order valence-corrected chi connectivity index (χ3v) is 9.02. The largest absolute Gasteiger partial charge is 0.387 e. The molecule has 0 aliphatic heterocycles. The van der Waals surface area contributed by atoms with Crippen LogP contribution in [0.2, 0.25) is 0 Å². The Morgan fingerprint density at radius 1 is 1.00 bits per heavy atom. The Hall–Kier alpha value is -0.410. The molecule has 1 unspecified atom stereocenters. The van der Waals surface area contributed by atoms with Crippen molar-refractivity contribution in [3.8, 4) is 0 Å². The van der Waals surface area contributed by atoms with Crippen molar-refractivity contribution in [2.75, 3.05) is 7.11 Å². The molecule has 0 heterocycles. The monoisotopic (exact) mass is 318 g/mol. The topological polar surface area (TPSA) is 46.5 Å². The van der Waals surface area contributed by atoms with E-state index in [4.69, 9.17) is 4.74 Å². The first-order chi connectivity index (χ1) is 11.0. The van der Waals surface area contributed by atoms with Crippen LogP contribution < -0.4 is 0 Å². The molecule has 0 aromatic heterocycles. The third kappa shape index (κ3) is 1.71. The van der Waals surface area contributed by atoms with E-state index in [0.29, 0.717) is 23.5 Å². The highest BCUT2D eigenvalue weighted by molar-refractivity contribution is 5.87. The Kier molecular flexibility index (Phi) is 2.98. The quantitative estimate of drug-likeness (QED) is 0.807. The lowest BCUT2D eigenvalue weighted by Gasteiger charge is -2.54. The number of carbonyl (C=O) groups excluding carboxylic acids is 1. The molecule has 23 heavy (non-hydrogen) atoms. The zero-order chi connectivity index (χ0) is 16.0. The second kappa shape index (κ2) is 4.60. The number of methoxy groups -OCH3 is 1. The fourth-order valence-corrected chi connectivity index (χ4v) is 7.90. The van der Waals surface area contributed by atoms with Gasteiger partial charge in [-0.25, -0.2) is 0 Å². The SMILES string of the molecule is CO[C@@H]1C2[C@H]3CC[C@@H]4[C@H](CC[C@]5(C)C(=O)CC[C@@H]45)[C@H]3CC[C@@]21O. The van der Waals surface area contributed by atoms with E-state index in [9.17, 15) is 9.90 Å². The van der Waals surface area contributed by atoms with Gasteiger partial charge in [0.25, 0.3) is 0 Å². The minimum atomic E-state index is -0.505. The van der Waals surface area contributed by atoms with Crippen LogP contribution in [0, 0.1) is 40.9 Å². The maximum atomic E-state index is 12.4. The Morgan fingerprint density at radius 3 is 2.48 bits per heavy atom. The van der Waals surface area contributed by atoms with Gasteiger partial charge in [-0.1, -0.05) is 6.92 Å². The van der Waals surface area contributed by atoms with Gasteiger partial charge in [0, 0.05) is 24.9 Å². The molecular formula is C20H30O3. The molecule has 0 bridgehead atoms. The first-order valence-corrected chi connectivity index (χ1v) is 9.79. The van der Waals surface area contributed by atoms with Gasteiger partial charge in [0.05, 0.1) is 11.7 Å². The molecule has 5 fully saturated rings. The Bertz CT molecular complexity index is 545. The first kappa shape index (κ1) is 14.9. The molecule has 0 spiro atoms. The van der Waals surface area contributed by atoms with E-state index in [1.54, 1.807) is 7.11 Å². The van der Waals surface area contributed by atoms with E-state index in [0.717, 1.165) is 43.4 Å². The van der Waals surface area contributed by atoms with E-state index in [2.05, 4.69) is 6.92 Å². The third-order valence-electron chi connectivity index (χ3n) is 9.02. The lowest BCUT2D eigenvalue weighted by Crippen LogP contribution is -2.49. The molecule has 5 aliphatic carbocycles. The summed E-state index contributed by atoms with van der Waals surface area (Å²) in [7, 11) is 1.76. The maximum absolute atomic E-state index is 12.4. The van der Waals surface area contributed by atoms with Crippen molar-refractivity contribution in [3.63, 3.8) is 0 Å². The number of rotatable bonds is 1. The number of carbonyl (C=O) groups is 1. The number of ketones is 1. The smallest absolute Gasteiger partial charge is 0.139 e. The van der Waals surface area contributed by atoms with Crippen LogP contribution in [0.5, 0.6) is 0 Å². The van der Waals surface area contributed by atoms with Crippen molar-refractivity contribution < 1.29 is 14.6 Å². The van der Waals surface area contributed by atoms with E-state index in [1.807, 2.05) is 0 Å². The summed E-state index contributed by atoms with van der Waals surface area (Å²) in [5.41, 5.74) is -0.507. The standard InChI is InChI=1S/C20H30O3/c1-19-9-7-11-12-8-10-20(22)17(18(20)23-2)14(12)4-3-13(11)15(19)5-6-16(19)21/h11-15,17-18,22H,3-10H2,1-2H3/t11-,12-,13-,14+,15+,17?,18-,19+,20-/m1/s1. The van der Waals surface area contributed by atoms with E-state index in [1.165, 1.54) is 25.7 Å². The summed E-state index contributed by atoms with van der Waals surface area (Å²) in [6.07, 6.45) is 9.06. The molecule has 0 radical (unpaired) electrons. The summed E-state index contributed by atoms with van der Waals surface area (Å²) < 4.78 is 5.60. The number of ether oxygens (including phenoxy) is 1. The second-order valence-corrected chi connectivity index (χ2v) is 9.47. The molecule has 0 aromatic carbocycles. The van der Waals surface area contributed by atoms with E-state index < -0.39 is 5.60 Å². The zero-order valence-corrected chi connectivity index (χ0v) is 14.5. The van der Waals surface area contributed by atoms with Crippen LogP contribution in [0.4, 0.5) is 0 Å². The first-order valence-electron chi connectivity index (χ1n) is 9.79. The van der Waals surface area contributed by atoms with Crippen molar-refractivity contribution >= 4 is 5.78 Å². The number of hydrogen-bond donors (Lipinski definition) is 1. The molecule has 3 nitrogen and oxygen atoms in total. The molecule has 128 valence electrons. The van der Waals surface area contributed by atoms with Crippen LogP contribution in [0.25, 0.3) is 0 Å². The molecule has 0 amide bonds. The van der Waals surface area contributed by atoms with E-state index >= 15 is 0 Å². The Labute approximate surface area is 139 Å². The molecule has 1 N–H and O–H groups in total. The molecule has 5 rings (SSSR count). The van der Waals surface area contributed by atoms with Crippen molar-refractivity contribution in [2.45, 2.75) is 70.0 Å². The zero-order valence-electron chi connectivity index (χ0n) is 14.5. The van der Waals surface area contributed by atoms with Crippen molar-refractivity contribution in [1.29, 1.82) is 0 Å². The summed E-state index contributed by atoms with van der Waals surface area (Å²) in [6, 6.07) is 0. The van der Waals surface area contributed by atoms with Gasteiger partial charge >= 0.3 is 0 Å².